The van der Waals surface area contributed by atoms with Gasteiger partial charge in [-0.15, -0.1) is 0 Å². The van der Waals surface area contributed by atoms with Crippen molar-refractivity contribution in [1.29, 1.82) is 0 Å². The molecule has 0 saturated heterocycles. The van der Waals surface area contributed by atoms with E-state index in [-0.39, 0.29) is 0 Å². The van der Waals surface area contributed by atoms with Gasteiger partial charge in [-0.2, -0.15) is 9.67 Å². The first-order valence-corrected chi connectivity index (χ1v) is 3.50. The van der Waals surface area contributed by atoms with Gasteiger partial charge in [-0.25, -0.2) is 5.10 Å². The average Bonchev–Trinajstić information content (AvgIpc) is 2.35. The Labute approximate surface area is 67.8 Å². The summed E-state index contributed by atoms with van der Waals surface area (Å²) in [5.41, 5.74) is 0.810. The van der Waals surface area contributed by atoms with E-state index in [2.05, 4.69) is 15.1 Å². The predicted octanol–water partition coefficient (Wildman–Crippen LogP) is 0.436. The Morgan fingerprint density at radius 1 is 1.55 bits per heavy atom. The van der Waals surface area contributed by atoms with Crippen LogP contribution in [0.15, 0.2) is 12.5 Å². The highest BCUT2D eigenvalue weighted by atomic mass is 35.5. The molecular formula is C6H6ClN4+. The molecule has 1 N–H and O–H groups in total. The van der Waals surface area contributed by atoms with Gasteiger partial charge in [0.05, 0.1) is 6.20 Å². The number of nitrogens with zero attached hydrogens (tertiary/aromatic N) is 3. The van der Waals surface area contributed by atoms with Crippen LogP contribution in [0.3, 0.4) is 0 Å². The Balaban J connectivity index is 2.94. The summed E-state index contributed by atoms with van der Waals surface area (Å²) in [6.07, 6.45) is 3.22. The van der Waals surface area contributed by atoms with Gasteiger partial charge in [0.1, 0.15) is 17.6 Å². The number of nitrogens with one attached hydrogen (secondary N) is 1. The maximum Gasteiger partial charge on any atom is 0.355 e. The lowest BCUT2D eigenvalue weighted by Gasteiger charge is -1.82. The molecule has 0 spiro atoms. The Morgan fingerprint density at radius 3 is 3.09 bits per heavy atom. The van der Waals surface area contributed by atoms with E-state index < -0.39 is 0 Å². The first-order chi connectivity index (χ1) is 5.29. The van der Waals surface area contributed by atoms with Gasteiger partial charge in [0.15, 0.2) is 0 Å². The summed E-state index contributed by atoms with van der Waals surface area (Å²) in [5, 5.41) is 4.27. The average molecular weight is 170 g/mol. The molecule has 0 amide bonds. The fourth-order valence-corrected chi connectivity index (χ4v) is 1.16. The summed E-state index contributed by atoms with van der Waals surface area (Å²) in [6.45, 7) is 0. The molecule has 0 radical (unpaired) electrons. The largest absolute Gasteiger partial charge is 0.355 e. The summed E-state index contributed by atoms with van der Waals surface area (Å²) >= 11 is 5.79. The summed E-state index contributed by atoms with van der Waals surface area (Å²) < 4.78 is 1.78. The number of rotatable bonds is 0. The van der Waals surface area contributed by atoms with Gasteiger partial charge in [-0.3, -0.25) is 0 Å². The van der Waals surface area contributed by atoms with Gasteiger partial charge in [0, 0.05) is 0 Å². The van der Waals surface area contributed by atoms with Crippen LogP contribution in [0, 0.1) is 0 Å². The van der Waals surface area contributed by atoms with Crippen molar-refractivity contribution in [3.63, 3.8) is 0 Å². The van der Waals surface area contributed by atoms with Crippen LogP contribution in [0.5, 0.6) is 0 Å². The van der Waals surface area contributed by atoms with Crippen molar-refractivity contribution in [2.45, 2.75) is 0 Å². The van der Waals surface area contributed by atoms with Crippen molar-refractivity contribution in [3.8, 4) is 0 Å². The van der Waals surface area contributed by atoms with Crippen LogP contribution in [0.25, 0.3) is 11.0 Å². The van der Waals surface area contributed by atoms with Crippen molar-refractivity contribution in [2.75, 3.05) is 0 Å². The smallest absolute Gasteiger partial charge is 0.235 e. The first kappa shape index (κ1) is 6.54. The Bertz CT molecular complexity index is 394. The minimum atomic E-state index is 0.479. The van der Waals surface area contributed by atoms with Crippen molar-refractivity contribution in [3.05, 3.63) is 17.7 Å². The van der Waals surface area contributed by atoms with E-state index in [4.69, 9.17) is 11.6 Å². The van der Waals surface area contributed by atoms with Gasteiger partial charge in [-0.1, -0.05) is 11.6 Å². The van der Waals surface area contributed by atoms with E-state index in [1.165, 1.54) is 6.33 Å². The molecule has 11 heavy (non-hydrogen) atoms. The van der Waals surface area contributed by atoms with Gasteiger partial charge in [0.2, 0.25) is 6.33 Å². The fourth-order valence-electron chi connectivity index (χ4n) is 0.979. The van der Waals surface area contributed by atoms with Crippen LogP contribution >= 0.6 is 11.6 Å². The van der Waals surface area contributed by atoms with Crippen LogP contribution in [-0.2, 0) is 7.05 Å². The monoisotopic (exact) mass is 169 g/mol. The first-order valence-electron chi connectivity index (χ1n) is 3.12. The van der Waals surface area contributed by atoms with Crippen LogP contribution in [0.2, 0.25) is 5.15 Å². The molecule has 0 aliphatic heterocycles. The lowest BCUT2D eigenvalue weighted by molar-refractivity contribution is -0.704. The van der Waals surface area contributed by atoms with Crippen LogP contribution < -0.4 is 4.68 Å². The molecule has 0 atom stereocenters. The van der Waals surface area contributed by atoms with E-state index >= 15 is 0 Å². The number of hydrogen-bond acceptors (Lipinski definition) is 2. The maximum atomic E-state index is 5.79. The standard InChI is InChI=1S/C6H5ClN4/c1-11-6-4(2-10-11)5(7)8-3-9-6/h2-3H,1H3/p+1. The Hall–Kier alpha value is -1.16. The summed E-state index contributed by atoms with van der Waals surface area (Å²) in [4.78, 5) is 7.88. The number of aromatic amines is 1. The molecule has 0 aliphatic carbocycles. The van der Waals surface area contributed by atoms with E-state index in [1.807, 2.05) is 7.05 Å². The van der Waals surface area contributed by atoms with Crippen LogP contribution in [0.1, 0.15) is 0 Å². The highest BCUT2D eigenvalue weighted by Crippen LogP contribution is 2.13. The number of H-pyrrole nitrogens is 1. The zero-order chi connectivity index (χ0) is 7.84. The van der Waals surface area contributed by atoms with Gasteiger partial charge < -0.3 is 0 Å². The van der Waals surface area contributed by atoms with Crippen molar-refractivity contribution < 1.29 is 4.68 Å². The third-order valence-electron chi connectivity index (χ3n) is 1.53. The molecule has 0 unspecified atom stereocenters. The summed E-state index contributed by atoms with van der Waals surface area (Å²) in [5.74, 6) is 0. The number of hydrogen-bond donors (Lipinski definition) is 1. The maximum absolute atomic E-state index is 5.79. The van der Waals surface area contributed by atoms with E-state index in [0.717, 1.165) is 11.0 Å². The third-order valence-corrected chi connectivity index (χ3v) is 1.84. The minimum absolute atomic E-state index is 0.479. The van der Waals surface area contributed by atoms with Crippen molar-refractivity contribution >= 4 is 22.6 Å². The molecule has 56 valence electrons. The number of aromatic nitrogens is 4. The quantitative estimate of drug-likeness (QED) is 0.460. The molecule has 0 bridgehead atoms. The highest BCUT2D eigenvalue weighted by Gasteiger charge is 2.11. The molecule has 2 rings (SSSR count). The zero-order valence-electron chi connectivity index (χ0n) is 5.87. The van der Waals surface area contributed by atoms with Crippen molar-refractivity contribution in [1.82, 2.24) is 15.1 Å². The summed E-state index contributed by atoms with van der Waals surface area (Å²) in [7, 11) is 1.87. The van der Waals surface area contributed by atoms with Crippen molar-refractivity contribution in [2.24, 2.45) is 7.05 Å². The van der Waals surface area contributed by atoms with E-state index in [0.29, 0.717) is 5.15 Å². The second-order valence-corrected chi connectivity index (χ2v) is 2.59. The normalized spacial score (nSPS) is 10.7. The van der Waals surface area contributed by atoms with E-state index in [1.54, 1.807) is 10.9 Å². The molecule has 2 aromatic heterocycles. The third kappa shape index (κ3) is 0.867. The Morgan fingerprint density at radius 2 is 2.36 bits per heavy atom. The predicted molar refractivity (Wildman–Crippen MR) is 40.1 cm³/mol. The van der Waals surface area contributed by atoms with Gasteiger partial charge >= 0.3 is 5.65 Å². The molecule has 2 aromatic rings. The highest BCUT2D eigenvalue weighted by molar-refractivity contribution is 6.33. The van der Waals surface area contributed by atoms with Gasteiger partial charge in [0.25, 0.3) is 0 Å². The number of aryl methyl sites for hydroxylation is 1. The second-order valence-electron chi connectivity index (χ2n) is 2.23. The topological polar surface area (TPSA) is 45.5 Å². The number of fused-ring (bicyclic) bond motifs is 1. The fraction of sp³-hybridized carbons (Fsp3) is 0.167. The molecule has 5 heteroatoms. The molecule has 0 fully saturated rings. The van der Waals surface area contributed by atoms with E-state index in [9.17, 15) is 0 Å². The minimum Gasteiger partial charge on any atom is -0.235 e. The SMILES string of the molecule is C[n+]1[nH]cc2c(Cl)ncnc21. The molecular weight excluding hydrogens is 164 g/mol. The molecule has 2 heterocycles. The summed E-state index contributed by atoms with van der Waals surface area (Å²) in [6, 6.07) is 0. The molecule has 0 aliphatic rings. The molecule has 4 nitrogen and oxygen atoms in total. The van der Waals surface area contributed by atoms with Gasteiger partial charge in [-0.05, 0) is 4.98 Å². The lowest BCUT2D eigenvalue weighted by atomic mass is 10.4. The van der Waals surface area contributed by atoms with Crippen LogP contribution in [0.4, 0.5) is 0 Å². The second kappa shape index (κ2) is 2.17. The van der Waals surface area contributed by atoms with Crippen LogP contribution in [-0.4, -0.2) is 15.1 Å². The Kier molecular flexibility index (Phi) is 1.29. The molecule has 0 saturated carbocycles. The zero-order valence-corrected chi connectivity index (χ0v) is 6.63. The lowest BCUT2D eigenvalue weighted by Crippen LogP contribution is -2.30. The number of halogens is 1. The molecule has 0 aromatic carbocycles.